The zero-order valence-electron chi connectivity index (χ0n) is 12.9. The summed E-state index contributed by atoms with van der Waals surface area (Å²) in [6.07, 6.45) is 4.49. The van der Waals surface area contributed by atoms with Gasteiger partial charge in [-0.1, -0.05) is 6.07 Å². The van der Waals surface area contributed by atoms with E-state index < -0.39 is 0 Å². The molecule has 2 aromatic rings. The molecule has 1 aliphatic heterocycles. The monoisotopic (exact) mass is 333 g/mol. The summed E-state index contributed by atoms with van der Waals surface area (Å²) in [5.74, 6) is 0.150. The number of nitrogens with zero attached hydrogens (tertiary/aromatic N) is 2. The summed E-state index contributed by atoms with van der Waals surface area (Å²) in [5, 5.41) is 6.00. The van der Waals surface area contributed by atoms with Gasteiger partial charge in [0, 0.05) is 36.1 Å². The highest BCUT2D eigenvalue weighted by Gasteiger charge is 2.22. The number of likely N-dealkylation sites (tertiary alicyclic amines) is 1. The maximum atomic E-state index is 13.1. The van der Waals surface area contributed by atoms with Gasteiger partial charge in [0.15, 0.2) is 0 Å². The molecule has 1 N–H and O–H groups in total. The first kappa shape index (κ1) is 16.1. The van der Waals surface area contributed by atoms with Crippen molar-refractivity contribution >= 4 is 22.9 Å². The van der Waals surface area contributed by atoms with Crippen molar-refractivity contribution in [2.45, 2.75) is 25.2 Å². The predicted molar refractivity (Wildman–Crippen MR) is 90.2 cm³/mol. The van der Waals surface area contributed by atoms with Crippen LogP contribution in [-0.4, -0.2) is 35.4 Å². The number of benzene rings is 1. The molecule has 1 fully saturated rings. The molecule has 2 heterocycles. The second-order valence-corrected chi connectivity index (χ2v) is 6.72. The minimum absolute atomic E-state index is 0.0716. The van der Waals surface area contributed by atoms with E-state index in [9.17, 15) is 9.18 Å². The standard InChI is InChI=1S/C17H20FN3OS/c18-14-2-1-3-15(12-14)20-16(22)6-10-21-8-4-13(5-9-21)17-19-7-11-23-17/h1-3,7,11-13H,4-6,8-10H2,(H,20,22). The Morgan fingerprint density at radius 1 is 1.39 bits per heavy atom. The third-order valence-electron chi connectivity index (χ3n) is 4.15. The molecule has 1 amide bonds. The van der Waals surface area contributed by atoms with Gasteiger partial charge in [0.1, 0.15) is 5.82 Å². The summed E-state index contributed by atoms with van der Waals surface area (Å²) in [6, 6.07) is 5.98. The lowest BCUT2D eigenvalue weighted by atomic mass is 9.97. The van der Waals surface area contributed by atoms with E-state index in [1.165, 1.54) is 17.1 Å². The highest BCUT2D eigenvalue weighted by molar-refractivity contribution is 7.09. The second-order valence-electron chi connectivity index (χ2n) is 5.79. The summed E-state index contributed by atoms with van der Waals surface area (Å²) >= 11 is 1.73. The smallest absolute Gasteiger partial charge is 0.225 e. The van der Waals surface area contributed by atoms with Gasteiger partial charge in [0.25, 0.3) is 0 Å². The van der Waals surface area contributed by atoms with Gasteiger partial charge in [0.05, 0.1) is 5.01 Å². The van der Waals surface area contributed by atoms with E-state index in [1.54, 1.807) is 23.5 Å². The van der Waals surface area contributed by atoms with Gasteiger partial charge in [-0.3, -0.25) is 4.79 Å². The Morgan fingerprint density at radius 3 is 2.91 bits per heavy atom. The van der Waals surface area contributed by atoms with E-state index in [1.807, 2.05) is 11.6 Å². The summed E-state index contributed by atoms with van der Waals surface area (Å²) in [4.78, 5) is 18.7. The van der Waals surface area contributed by atoms with Crippen molar-refractivity contribution in [2.24, 2.45) is 0 Å². The number of aromatic nitrogens is 1. The highest BCUT2D eigenvalue weighted by atomic mass is 32.1. The van der Waals surface area contributed by atoms with Crippen LogP contribution >= 0.6 is 11.3 Å². The number of rotatable bonds is 5. The van der Waals surface area contributed by atoms with Crippen LogP contribution in [0.15, 0.2) is 35.8 Å². The van der Waals surface area contributed by atoms with Gasteiger partial charge in [-0.2, -0.15) is 0 Å². The summed E-state index contributed by atoms with van der Waals surface area (Å²) in [7, 11) is 0. The van der Waals surface area contributed by atoms with E-state index in [-0.39, 0.29) is 11.7 Å². The maximum absolute atomic E-state index is 13.1. The van der Waals surface area contributed by atoms with E-state index in [0.29, 0.717) is 18.0 Å². The number of carbonyl (C=O) groups is 1. The van der Waals surface area contributed by atoms with Crippen molar-refractivity contribution in [3.63, 3.8) is 0 Å². The van der Waals surface area contributed by atoms with Crippen LogP contribution in [0.1, 0.15) is 30.2 Å². The first-order valence-corrected chi connectivity index (χ1v) is 8.76. The molecule has 1 saturated heterocycles. The van der Waals surface area contributed by atoms with Crippen LogP contribution < -0.4 is 5.32 Å². The van der Waals surface area contributed by atoms with E-state index >= 15 is 0 Å². The number of hydrogen-bond donors (Lipinski definition) is 1. The minimum Gasteiger partial charge on any atom is -0.326 e. The molecular formula is C17H20FN3OS. The van der Waals surface area contributed by atoms with Crippen LogP contribution in [0.25, 0.3) is 0 Å². The number of anilines is 1. The minimum atomic E-state index is -0.341. The summed E-state index contributed by atoms with van der Waals surface area (Å²) < 4.78 is 13.1. The normalized spacial score (nSPS) is 16.4. The van der Waals surface area contributed by atoms with Crippen LogP contribution in [-0.2, 0) is 4.79 Å². The molecule has 0 aliphatic carbocycles. The average Bonchev–Trinajstić information content (AvgIpc) is 3.08. The van der Waals surface area contributed by atoms with Crippen LogP contribution in [0.4, 0.5) is 10.1 Å². The van der Waals surface area contributed by atoms with E-state index in [4.69, 9.17) is 0 Å². The molecule has 23 heavy (non-hydrogen) atoms. The molecule has 122 valence electrons. The first-order chi connectivity index (χ1) is 11.2. The topological polar surface area (TPSA) is 45.2 Å². The van der Waals surface area contributed by atoms with Crippen molar-refractivity contribution in [2.75, 3.05) is 25.0 Å². The summed E-state index contributed by atoms with van der Waals surface area (Å²) in [5.41, 5.74) is 0.512. The second kappa shape index (κ2) is 7.66. The van der Waals surface area contributed by atoms with Crippen molar-refractivity contribution < 1.29 is 9.18 Å². The Labute approximate surface area is 139 Å². The van der Waals surface area contributed by atoms with E-state index in [2.05, 4.69) is 15.2 Å². The molecule has 0 radical (unpaired) electrons. The molecule has 0 atom stereocenters. The van der Waals surface area contributed by atoms with Gasteiger partial charge in [-0.15, -0.1) is 11.3 Å². The molecule has 3 rings (SSSR count). The van der Waals surface area contributed by atoms with Crippen molar-refractivity contribution in [1.82, 2.24) is 9.88 Å². The number of nitrogens with one attached hydrogen (secondary N) is 1. The molecule has 1 aromatic carbocycles. The quantitative estimate of drug-likeness (QED) is 0.911. The van der Waals surface area contributed by atoms with Gasteiger partial charge in [-0.25, -0.2) is 9.37 Å². The fourth-order valence-electron chi connectivity index (χ4n) is 2.89. The number of thiazole rings is 1. The fourth-order valence-corrected chi connectivity index (χ4v) is 3.70. The zero-order valence-corrected chi connectivity index (χ0v) is 13.7. The molecule has 0 unspecified atom stereocenters. The van der Waals surface area contributed by atoms with Gasteiger partial charge < -0.3 is 10.2 Å². The maximum Gasteiger partial charge on any atom is 0.225 e. The molecule has 0 saturated carbocycles. The van der Waals surface area contributed by atoms with Crippen LogP contribution in [0.3, 0.4) is 0 Å². The number of hydrogen-bond acceptors (Lipinski definition) is 4. The Morgan fingerprint density at radius 2 is 2.22 bits per heavy atom. The molecule has 6 heteroatoms. The number of piperidine rings is 1. The molecule has 0 spiro atoms. The molecule has 1 aliphatic rings. The first-order valence-electron chi connectivity index (χ1n) is 7.88. The molecular weight excluding hydrogens is 313 g/mol. The Balaban J connectivity index is 1.40. The Bertz CT molecular complexity index is 639. The predicted octanol–water partition coefficient (Wildman–Crippen LogP) is 3.49. The highest BCUT2D eigenvalue weighted by Crippen LogP contribution is 2.29. The molecule has 0 bridgehead atoms. The van der Waals surface area contributed by atoms with Crippen LogP contribution in [0.2, 0.25) is 0 Å². The number of carbonyl (C=O) groups excluding carboxylic acids is 1. The lowest BCUT2D eigenvalue weighted by Gasteiger charge is -2.30. The van der Waals surface area contributed by atoms with Crippen molar-refractivity contribution in [1.29, 1.82) is 0 Å². The van der Waals surface area contributed by atoms with Crippen molar-refractivity contribution in [3.8, 4) is 0 Å². The number of amides is 1. The van der Waals surface area contributed by atoms with E-state index in [0.717, 1.165) is 32.5 Å². The Hall–Kier alpha value is -1.79. The third kappa shape index (κ3) is 4.59. The van der Waals surface area contributed by atoms with Crippen LogP contribution in [0, 0.1) is 5.82 Å². The average molecular weight is 333 g/mol. The summed E-state index contributed by atoms with van der Waals surface area (Å²) in [6.45, 7) is 2.74. The Kier molecular flexibility index (Phi) is 5.35. The lowest BCUT2D eigenvalue weighted by molar-refractivity contribution is -0.116. The molecule has 1 aromatic heterocycles. The number of halogens is 1. The van der Waals surface area contributed by atoms with Gasteiger partial charge in [0.2, 0.25) is 5.91 Å². The third-order valence-corrected chi connectivity index (χ3v) is 5.09. The van der Waals surface area contributed by atoms with Gasteiger partial charge >= 0.3 is 0 Å². The van der Waals surface area contributed by atoms with Crippen molar-refractivity contribution in [3.05, 3.63) is 46.7 Å². The van der Waals surface area contributed by atoms with Gasteiger partial charge in [-0.05, 0) is 44.1 Å². The zero-order chi connectivity index (χ0) is 16.1. The lowest BCUT2D eigenvalue weighted by Crippen LogP contribution is -2.35. The van der Waals surface area contributed by atoms with Crippen LogP contribution in [0.5, 0.6) is 0 Å². The fraction of sp³-hybridized carbons (Fsp3) is 0.412. The largest absolute Gasteiger partial charge is 0.326 e. The SMILES string of the molecule is O=C(CCN1CCC(c2nccs2)CC1)Nc1cccc(F)c1. The molecule has 4 nitrogen and oxygen atoms in total.